The van der Waals surface area contributed by atoms with Gasteiger partial charge in [0.05, 0.1) is 12.7 Å². The number of hydrogen-bond donors (Lipinski definition) is 1. The minimum Gasteiger partial charge on any atom is -0.497 e. The topological polar surface area (TPSA) is 44.5 Å². The summed E-state index contributed by atoms with van der Waals surface area (Å²) in [5.41, 5.74) is 7.45. The van der Waals surface area contributed by atoms with Gasteiger partial charge in [-0.05, 0) is 50.3 Å². The standard InChI is InChI=1S/C15H23NO2/c1-15(10-3-11-18-15)14(16)9-6-12-4-7-13(17-2)8-5-12/h4-5,7-8,14H,3,6,9-11,16H2,1-2H3. The van der Waals surface area contributed by atoms with Crippen molar-refractivity contribution in [2.45, 2.75) is 44.2 Å². The molecule has 0 radical (unpaired) electrons. The Bertz CT molecular complexity index is 369. The zero-order valence-corrected chi connectivity index (χ0v) is 11.3. The Labute approximate surface area is 109 Å². The summed E-state index contributed by atoms with van der Waals surface area (Å²) in [4.78, 5) is 0. The third-order valence-corrected chi connectivity index (χ3v) is 3.94. The zero-order valence-electron chi connectivity index (χ0n) is 11.3. The second kappa shape index (κ2) is 5.72. The van der Waals surface area contributed by atoms with E-state index in [0.717, 1.165) is 38.0 Å². The maximum absolute atomic E-state index is 6.27. The van der Waals surface area contributed by atoms with Crippen molar-refractivity contribution in [2.24, 2.45) is 5.73 Å². The molecule has 1 aromatic carbocycles. The lowest BCUT2D eigenvalue weighted by molar-refractivity contribution is -0.00296. The first-order valence-electron chi connectivity index (χ1n) is 6.66. The van der Waals surface area contributed by atoms with Crippen molar-refractivity contribution in [3.63, 3.8) is 0 Å². The highest BCUT2D eigenvalue weighted by Gasteiger charge is 2.35. The van der Waals surface area contributed by atoms with E-state index in [-0.39, 0.29) is 11.6 Å². The molecular weight excluding hydrogens is 226 g/mol. The van der Waals surface area contributed by atoms with E-state index in [1.165, 1.54) is 5.56 Å². The molecule has 0 spiro atoms. The van der Waals surface area contributed by atoms with Crippen LogP contribution in [0, 0.1) is 0 Å². The van der Waals surface area contributed by atoms with Crippen LogP contribution < -0.4 is 10.5 Å². The predicted octanol–water partition coefficient (Wildman–Crippen LogP) is 2.52. The fourth-order valence-electron chi connectivity index (χ4n) is 2.51. The van der Waals surface area contributed by atoms with Gasteiger partial charge in [0.15, 0.2) is 0 Å². The fourth-order valence-corrected chi connectivity index (χ4v) is 2.51. The lowest BCUT2D eigenvalue weighted by Crippen LogP contribution is -2.45. The first-order valence-corrected chi connectivity index (χ1v) is 6.66. The molecule has 1 saturated heterocycles. The van der Waals surface area contributed by atoms with Crippen LogP contribution in [0.15, 0.2) is 24.3 Å². The van der Waals surface area contributed by atoms with Crippen molar-refractivity contribution >= 4 is 0 Å². The van der Waals surface area contributed by atoms with Gasteiger partial charge in [-0.2, -0.15) is 0 Å². The van der Waals surface area contributed by atoms with Gasteiger partial charge < -0.3 is 15.2 Å². The molecule has 0 saturated carbocycles. The van der Waals surface area contributed by atoms with Crippen molar-refractivity contribution in [1.82, 2.24) is 0 Å². The molecule has 0 aromatic heterocycles. The van der Waals surface area contributed by atoms with E-state index in [1.54, 1.807) is 7.11 Å². The normalized spacial score (nSPS) is 25.1. The second-order valence-corrected chi connectivity index (χ2v) is 5.26. The molecule has 0 bridgehead atoms. The average Bonchev–Trinajstić information content (AvgIpc) is 2.85. The third kappa shape index (κ3) is 3.03. The minimum absolute atomic E-state index is 0.113. The van der Waals surface area contributed by atoms with E-state index in [4.69, 9.17) is 15.2 Å². The Morgan fingerprint density at radius 2 is 2.11 bits per heavy atom. The molecule has 1 heterocycles. The molecule has 100 valence electrons. The van der Waals surface area contributed by atoms with E-state index >= 15 is 0 Å². The molecule has 2 rings (SSSR count). The maximum Gasteiger partial charge on any atom is 0.118 e. The predicted molar refractivity (Wildman–Crippen MR) is 72.9 cm³/mol. The third-order valence-electron chi connectivity index (χ3n) is 3.94. The SMILES string of the molecule is COc1ccc(CCC(N)C2(C)CCCO2)cc1. The van der Waals surface area contributed by atoms with Crippen LogP contribution >= 0.6 is 0 Å². The Hall–Kier alpha value is -1.06. The van der Waals surface area contributed by atoms with Crippen molar-refractivity contribution < 1.29 is 9.47 Å². The van der Waals surface area contributed by atoms with Gasteiger partial charge in [0, 0.05) is 12.6 Å². The molecule has 0 amide bonds. The van der Waals surface area contributed by atoms with Gasteiger partial charge in [-0.15, -0.1) is 0 Å². The molecular formula is C15H23NO2. The van der Waals surface area contributed by atoms with E-state index in [0.29, 0.717) is 0 Å². The number of methoxy groups -OCH3 is 1. The van der Waals surface area contributed by atoms with Crippen molar-refractivity contribution in [3.8, 4) is 5.75 Å². The summed E-state index contributed by atoms with van der Waals surface area (Å²) in [6.45, 7) is 2.99. The molecule has 1 fully saturated rings. The van der Waals surface area contributed by atoms with Crippen molar-refractivity contribution in [1.29, 1.82) is 0 Å². The summed E-state index contributed by atoms with van der Waals surface area (Å²) < 4.78 is 10.9. The average molecular weight is 249 g/mol. The van der Waals surface area contributed by atoms with Crippen molar-refractivity contribution in [3.05, 3.63) is 29.8 Å². The van der Waals surface area contributed by atoms with Crippen LogP contribution in [-0.2, 0) is 11.2 Å². The number of aryl methyl sites for hydroxylation is 1. The summed E-state index contributed by atoms with van der Waals surface area (Å²) in [5, 5.41) is 0. The highest BCUT2D eigenvalue weighted by atomic mass is 16.5. The van der Waals surface area contributed by atoms with E-state index in [1.807, 2.05) is 12.1 Å². The number of ether oxygens (including phenoxy) is 2. The van der Waals surface area contributed by atoms with Crippen LogP contribution in [0.1, 0.15) is 31.7 Å². The van der Waals surface area contributed by atoms with Gasteiger partial charge in [-0.1, -0.05) is 12.1 Å². The van der Waals surface area contributed by atoms with Gasteiger partial charge in [-0.25, -0.2) is 0 Å². The van der Waals surface area contributed by atoms with Gasteiger partial charge in [0.25, 0.3) is 0 Å². The minimum atomic E-state index is -0.119. The quantitative estimate of drug-likeness (QED) is 0.872. The molecule has 3 heteroatoms. The molecule has 2 atom stereocenters. The number of nitrogens with two attached hydrogens (primary N) is 1. The highest BCUT2D eigenvalue weighted by Crippen LogP contribution is 2.29. The number of hydrogen-bond acceptors (Lipinski definition) is 3. The lowest BCUT2D eigenvalue weighted by atomic mass is 9.89. The number of benzene rings is 1. The summed E-state index contributed by atoms with van der Waals surface area (Å²) in [6.07, 6.45) is 4.16. The van der Waals surface area contributed by atoms with Gasteiger partial charge >= 0.3 is 0 Å². The van der Waals surface area contributed by atoms with Gasteiger partial charge in [0.2, 0.25) is 0 Å². The maximum atomic E-state index is 6.27. The smallest absolute Gasteiger partial charge is 0.118 e. The monoisotopic (exact) mass is 249 g/mol. The molecule has 0 aliphatic carbocycles. The first-order chi connectivity index (χ1) is 8.64. The molecule has 2 unspecified atom stereocenters. The molecule has 18 heavy (non-hydrogen) atoms. The first kappa shape index (κ1) is 13.4. The van der Waals surface area contributed by atoms with Gasteiger partial charge in [-0.3, -0.25) is 0 Å². The molecule has 1 aliphatic heterocycles. The number of rotatable bonds is 5. The largest absolute Gasteiger partial charge is 0.497 e. The Morgan fingerprint density at radius 1 is 1.39 bits per heavy atom. The Kier molecular flexibility index (Phi) is 4.25. The van der Waals surface area contributed by atoms with Crippen LogP contribution in [0.3, 0.4) is 0 Å². The van der Waals surface area contributed by atoms with Crippen LogP contribution in [0.5, 0.6) is 5.75 Å². The van der Waals surface area contributed by atoms with E-state index in [2.05, 4.69) is 19.1 Å². The summed E-state index contributed by atoms with van der Waals surface area (Å²) in [5.74, 6) is 0.897. The fraction of sp³-hybridized carbons (Fsp3) is 0.600. The molecule has 1 aliphatic rings. The van der Waals surface area contributed by atoms with E-state index in [9.17, 15) is 0 Å². The Balaban J connectivity index is 1.86. The highest BCUT2D eigenvalue weighted by molar-refractivity contribution is 5.27. The molecule has 1 aromatic rings. The van der Waals surface area contributed by atoms with Crippen molar-refractivity contribution in [2.75, 3.05) is 13.7 Å². The molecule has 2 N–H and O–H groups in total. The van der Waals surface area contributed by atoms with Gasteiger partial charge in [0.1, 0.15) is 5.75 Å². The summed E-state index contributed by atoms with van der Waals surface area (Å²) in [7, 11) is 1.68. The molecule has 3 nitrogen and oxygen atoms in total. The zero-order chi connectivity index (χ0) is 13.0. The second-order valence-electron chi connectivity index (χ2n) is 5.26. The lowest BCUT2D eigenvalue weighted by Gasteiger charge is -2.30. The van der Waals surface area contributed by atoms with Crippen LogP contribution in [0.2, 0.25) is 0 Å². The summed E-state index contributed by atoms with van der Waals surface area (Å²) in [6, 6.07) is 8.30. The Morgan fingerprint density at radius 3 is 2.67 bits per heavy atom. The summed E-state index contributed by atoms with van der Waals surface area (Å²) >= 11 is 0. The van der Waals surface area contributed by atoms with Crippen LogP contribution in [0.4, 0.5) is 0 Å². The van der Waals surface area contributed by atoms with Crippen LogP contribution in [0.25, 0.3) is 0 Å². The van der Waals surface area contributed by atoms with Crippen LogP contribution in [-0.4, -0.2) is 25.4 Å². The van der Waals surface area contributed by atoms with E-state index < -0.39 is 0 Å².